The molecule has 1 N–H and O–H groups in total. The lowest BCUT2D eigenvalue weighted by molar-refractivity contribution is -0.115. The summed E-state index contributed by atoms with van der Waals surface area (Å²) in [5.41, 5.74) is 1.50. The number of para-hydroxylation sites is 2. The number of methoxy groups -OCH3 is 1. The number of halogens is 1. The number of anilines is 1. The van der Waals surface area contributed by atoms with E-state index < -0.39 is 0 Å². The molecule has 31 heavy (non-hydrogen) atoms. The molecule has 0 bridgehead atoms. The van der Waals surface area contributed by atoms with E-state index in [4.69, 9.17) is 14.0 Å². The van der Waals surface area contributed by atoms with E-state index in [2.05, 4.69) is 20.4 Å². The second kappa shape index (κ2) is 9.67. The van der Waals surface area contributed by atoms with E-state index in [1.54, 1.807) is 31.4 Å². The van der Waals surface area contributed by atoms with Crippen molar-refractivity contribution in [2.45, 2.75) is 19.1 Å². The van der Waals surface area contributed by atoms with Gasteiger partial charge in [0.1, 0.15) is 11.6 Å². The number of rotatable bonds is 7. The molecule has 0 saturated carbocycles. The van der Waals surface area contributed by atoms with Gasteiger partial charge in [0, 0.05) is 13.1 Å². The number of morpholine rings is 1. The third-order valence-corrected chi connectivity index (χ3v) is 4.96. The van der Waals surface area contributed by atoms with Crippen LogP contribution in [-0.4, -0.2) is 47.8 Å². The Kier molecular flexibility index (Phi) is 6.54. The molecule has 1 aromatic heterocycles. The van der Waals surface area contributed by atoms with E-state index in [1.807, 2.05) is 12.1 Å². The molecule has 2 aromatic carbocycles. The van der Waals surface area contributed by atoms with Gasteiger partial charge in [-0.05, 0) is 29.8 Å². The molecule has 0 spiro atoms. The van der Waals surface area contributed by atoms with Crippen LogP contribution in [0, 0.1) is 5.82 Å². The van der Waals surface area contributed by atoms with Crippen LogP contribution in [-0.2, 0) is 22.5 Å². The largest absolute Gasteiger partial charge is 0.495 e. The first-order valence-corrected chi connectivity index (χ1v) is 9.94. The van der Waals surface area contributed by atoms with Crippen molar-refractivity contribution in [3.8, 4) is 5.75 Å². The number of amides is 1. The molecule has 2 heterocycles. The van der Waals surface area contributed by atoms with Gasteiger partial charge in [0.05, 0.1) is 38.5 Å². The summed E-state index contributed by atoms with van der Waals surface area (Å²) in [6.07, 6.45) is -0.161. The molecule has 1 atom stereocenters. The number of carbonyl (C=O) groups excluding carboxylic acids is 1. The third kappa shape index (κ3) is 5.44. The van der Waals surface area contributed by atoms with Gasteiger partial charge >= 0.3 is 0 Å². The fourth-order valence-corrected chi connectivity index (χ4v) is 3.43. The minimum absolute atomic E-state index is 0.0110. The monoisotopic (exact) mass is 426 g/mol. The predicted octanol–water partition coefficient (Wildman–Crippen LogP) is 2.97. The number of nitrogens with one attached hydrogen (secondary N) is 1. The topological polar surface area (TPSA) is 89.7 Å². The van der Waals surface area contributed by atoms with Crippen LogP contribution < -0.4 is 10.1 Å². The quantitative estimate of drug-likeness (QED) is 0.621. The summed E-state index contributed by atoms with van der Waals surface area (Å²) in [6.45, 7) is 2.33. The molecule has 1 unspecified atom stereocenters. The molecule has 1 saturated heterocycles. The highest BCUT2D eigenvalue weighted by molar-refractivity contribution is 5.93. The summed E-state index contributed by atoms with van der Waals surface area (Å²) in [5.74, 6) is 0.780. The summed E-state index contributed by atoms with van der Waals surface area (Å²) in [5, 5.41) is 6.70. The SMILES string of the molecule is COc1ccccc1NC(=O)Cc1noc(CN2CCOC(c3ccc(F)cc3)C2)n1. The van der Waals surface area contributed by atoms with Gasteiger partial charge in [-0.25, -0.2) is 4.39 Å². The van der Waals surface area contributed by atoms with E-state index in [-0.39, 0.29) is 24.2 Å². The first-order chi connectivity index (χ1) is 15.1. The number of hydrogen-bond acceptors (Lipinski definition) is 7. The molecular formula is C22H23FN4O4. The average Bonchev–Trinajstić information content (AvgIpc) is 3.21. The van der Waals surface area contributed by atoms with Crippen molar-refractivity contribution in [1.29, 1.82) is 0 Å². The Morgan fingerprint density at radius 3 is 2.87 bits per heavy atom. The Hall–Kier alpha value is -3.30. The standard InChI is InChI=1S/C22H23FN4O4/c1-29-18-5-3-2-4-17(18)24-21(28)12-20-25-22(31-26-20)14-27-10-11-30-19(13-27)15-6-8-16(23)9-7-15/h2-9,19H,10-14H2,1H3,(H,24,28). The third-order valence-electron chi connectivity index (χ3n) is 4.96. The summed E-state index contributed by atoms with van der Waals surface area (Å²) >= 11 is 0. The fourth-order valence-electron chi connectivity index (χ4n) is 3.43. The summed E-state index contributed by atoms with van der Waals surface area (Å²) in [6, 6.07) is 13.5. The van der Waals surface area contributed by atoms with Crippen LogP contribution in [0.25, 0.3) is 0 Å². The smallest absolute Gasteiger partial charge is 0.240 e. The summed E-state index contributed by atoms with van der Waals surface area (Å²) in [4.78, 5) is 18.8. The molecule has 8 nitrogen and oxygen atoms in total. The Morgan fingerprint density at radius 2 is 2.06 bits per heavy atom. The Balaban J connectivity index is 1.32. The number of benzene rings is 2. The fraction of sp³-hybridized carbons (Fsp3) is 0.318. The zero-order valence-corrected chi connectivity index (χ0v) is 17.1. The summed E-state index contributed by atoms with van der Waals surface area (Å²) < 4.78 is 29.5. The second-order valence-electron chi connectivity index (χ2n) is 7.18. The number of nitrogens with zero attached hydrogens (tertiary/aromatic N) is 3. The van der Waals surface area contributed by atoms with E-state index in [0.29, 0.717) is 49.4 Å². The van der Waals surface area contributed by atoms with E-state index in [0.717, 1.165) is 5.56 Å². The highest BCUT2D eigenvalue weighted by Gasteiger charge is 2.24. The van der Waals surface area contributed by atoms with Crippen molar-refractivity contribution in [2.75, 3.05) is 32.1 Å². The minimum atomic E-state index is -0.274. The normalized spacial score (nSPS) is 16.8. The van der Waals surface area contributed by atoms with Crippen LogP contribution >= 0.6 is 0 Å². The first kappa shape index (κ1) is 21.0. The lowest BCUT2D eigenvalue weighted by Gasteiger charge is -2.32. The Labute approximate surface area is 179 Å². The maximum atomic E-state index is 13.2. The molecule has 1 fully saturated rings. The van der Waals surface area contributed by atoms with Gasteiger partial charge < -0.3 is 19.3 Å². The maximum Gasteiger partial charge on any atom is 0.240 e. The molecule has 162 valence electrons. The summed E-state index contributed by atoms with van der Waals surface area (Å²) in [7, 11) is 1.54. The molecule has 9 heteroatoms. The van der Waals surface area contributed by atoms with Gasteiger partial charge in [0.25, 0.3) is 0 Å². The van der Waals surface area contributed by atoms with Gasteiger partial charge in [0.2, 0.25) is 11.8 Å². The van der Waals surface area contributed by atoms with Gasteiger partial charge in [0.15, 0.2) is 5.82 Å². The lowest BCUT2D eigenvalue weighted by atomic mass is 10.1. The highest BCUT2D eigenvalue weighted by Crippen LogP contribution is 2.24. The molecule has 1 amide bonds. The van der Waals surface area contributed by atoms with Crippen LogP contribution in [0.1, 0.15) is 23.4 Å². The van der Waals surface area contributed by atoms with Crippen LogP contribution in [0.4, 0.5) is 10.1 Å². The minimum Gasteiger partial charge on any atom is -0.495 e. The number of ether oxygens (including phenoxy) is 2. The molecule has 1 aliphatic rings. The van der Waals surface area contributed by atoms with Gasteiger partial charge in [-0.1, -0.05) is 29.4 Å². The van der Waals surface area contributed by atoms with E-state index >= 15 is 0 Å². The van der Waals surface area contributed by atoms with Crippen LogP contribution in [0.15, 0.2) is 53.1 Å². The maximum absolute atomic E-state index is 13.2. The lowest BCUT2D eigenvalue weighted by Crippen LogP contribution is -2.37. The van der Waals surface area contributed by atoms with Crippen molar-refractivity contribution in [3.05, 3.63) is 71.6 Å². The zero-order valence-electron chi connectivity index (χ0n) is 17.1. The molecule has 3 aromatic rings. The van der Waals surface area contributed by atoms with Crippen molar-refractivity contribution in [2.24, 2.45) is 0 Å². The van der Waals surface area contributed by atoms with Gasteiger partial charge in [-0.3, -0.25) is 9.69 Å². The van der Waals surface area contributed by atoms with Crippen molar-refractivity contribution in [1.82, 2.24) is 15.0 Å². The average molecular weight is 426 g/mol. The molecule has 0 aliphatic carbocycles. The first-order valence-electron chi connectivity index (χ1n) is 9.94. The van der Waals surface area contributed by atoms with Crippen LogP contribution in [0.2, 0.25) is 0 Å². The second-order valence-corrected chi connectivity index (χ2v) is 7.18. The van der Waals surface area contributed by atoms with E-state index in [1.165, 1.54) is 12.1 Å². The molecule has 0 radical (unpaired) electrons. The Morgan fingerprint density at radius 1 is 1.26 bits per heavy atom. The van der Waals surface area contributed by atoms with Crippen LogP contribution in [0.5, 0.6) is 5.75 Å². The highest BCUT2D eigenvalue weighted by atomic mass is 19.1. The van der Waals surface area contributed by atoms with E-state index in [9.17, 15) is 9.18 Å². The predicted molar refractivity (Wildman–Crippen MR) is 110 cm³/mol. The zero-order chi connectivity index (χ0) is 21.6. The van der Waals surface area contributed by atoms with Crippen molar-refractivity contribution in [3.63, 3.8) is 0 Å². The van der Waals surface area contributed by atoms with Gasteiger partial charge in [-0.2, -0.15) is 4.98 Å². The molecular weight excluding hydrogens is 403 g/mol. The van der Waals surface area contributed by atoms with Gasteiger partial charge in [-0.15, -0.1) is 0 Å². The van der Waals surface area contributed by atoms with Crippen LogP contribution in [0.3, 0.4) is 0 Å². The Bertz CT molecular complexity index is 1020. The molecule has 1 aliphatic heterocycles. The van der Waals surface area contributed by atoms with Crippen molar-refractivity contribution < 1.29 is 23.2 Å². The molecule has 4 rings (SSSR count). The van der Waals surface area contributed by atoms with Crippen molar-refractivity contribution >= 4 is 11.6 Å². The number of aromatic nitrogens is 2. The number of carbonyl (C=O) groups is 1. The number of hydrogen-bond donors (Lipinski definition) is 1.